The van der Waals surface area contributed by atoms with Crippen LogP contribution in [0.15, 0.2) is 60.8 Å². The zero-order chi connectivity index (χ0) is 20.8. The minimum atomic E-state index is -0.300. The maximum Gasteiger partial charge on any atom is 0.274 e. The van der Waals surface area contributed by atoms with Gasteiger partial charge in [-0.25, -0.2) is 4.98 Å². The maximum atomic E-state index is 12.5. The number of para-hydroxylation sites is 1. The molecule has 0 saturated heterocycles. The summed E-state index contributed by atoms with van der Waals surface area (Å²) in [6.45, 7) is 4.31. The van der Waals surface area contributed by atoms with Crippen molar-refractivity contribution in [3.8, 4) is 11.5 Å². The highest BCUT2D eigenvalue weighted by atomic mass is 16.5. The van der Waals surface area contributed by atoms with Crippen molar-refractivity contribution >= 4 is 23.0 Å². The summed E-state index contributed by atoms with van der Waals surface area (Å²) in [5.74, 6) is 1.24. The number of carbonyl (C=O) groups is 1. The highest BCUT2D eigenvalue weighted by Gasteiger charge is 2.11. The number of carbonyl (C=O) groups excluding carboxylic acids is 1. The van der Waals surface area contributed by atoms with Crippen LogP contribution in [0.5, 0.6) is 11.5 Å². The quantitative estimate of drug-likeness (QED) is 0.578. The van der Waals surface area contributed by atoms with E-state index in [-0.39, 0.29) is 5.91 Å². The zero-order valence-electron chi connectivity index (χ0n) is 17.0. The Labute approximate surface area is 170 Å². The highest BCUT2D eigenvalue weighted by Crippen LogP contribution is 2.30. The van der Waals surface area contributed by atoms with Crippen molar-refractivity contribution in [3.05, 3.63) is 72.1 Å². The molecular weight excluding hydrogens is 366 g/mol. The number of ether oxygens (including phenoxy) is 2. The topological polar surface area (TPSA) is 72.5 Å². The number of anilines is 3. The molecular formula is C23H25N3O3. The summed E-state index contributed by atoms with van der Waals surface area (Å²) in [6.07, 6.45) is 1.65. The van der Waals surface area contributed by atoms with Gasteiger partial charge in [0.05, 0.1) is 26.1 Å². The second-order valence-electron chi connectivity index (χ2n) is 6.82. The first-order valence-electron chi connectivity index (χ1n) is 9.37. The van der Waals surface area contributed by atoms with Crippen molar-refractivity contribution in [2.24, 2.45) is 0 Å². The van der Waals surface area contributed by atoms with Crippen LogP contribution >= 0.6 is 0 Å². The summed E-state index contributed by atoms with van der Waals surface area (Å²) in [6, 6.07) is 16.9. The fraction of sp³-hybridized carbons (Fsp3) is 0.217. The Kier molecular flexibility index (Phi) is 6.34. The summed E-state index contributed by atoms with van der Waals surface area (Å²) >= 11 is 0. The van der Waals surface area contributed by atoms with Gasteiger partial charge in [0.1, 0.15) is 5.69 Å². The Balaban J connectivity index is 1.71. The van der Waals surface area contributed by atoms with Crippen LogP contribution in [-0.2, 0) is 0 Å². The first kappa shape index (κ1) is 20.2. The molecule has 0 radical (unpaired) electrons. The molecule has 0 atom stereocenters. The molecule has 3 rings (SSSR count). The summed E-state index contributed by atoms with van der Waals surface area (Å²) < 4.78 is 10.5. The summed E-state index contributed by atoms with van der Waals surface area (Å²) in [7, 11) is 3.11. The Hall–Kier alpha value is -3.54. The molecule has 0 fully saturated rings. The zero-order valence-corrected chi connectivity index (χ0v) is 17.0. The van der Waals surface area contributed by atoms with Gasteiger partial charge in [-0.3, -0.25) is 4.79 Å². The summed E-state index contributed by atoms with van der Waals surface area (Å²) in [5.41, 5.74) is 4.00. The first-order chi connectivity index (χ1) is 14.0. The summed E-state index contributed by atoms with van der Waals surface area (Å²) in [5, 5.41) is 6.19. The number of rotatable bonds is 7. The van der Waals surface area contributed by atoms with Crippen molar-refractivity contribution in [2.75, 3.05) is 24.9 Å². The lowest BCUT2D eigenvalue weighted by atomic mass is 10.0. The number of nitrogens with zero attached hydrogens (tertiary/aromatic N) is 1. The van der Waals surface area contributed by atoms with Crippen molar-refractivity contribution in [1.29, 1.82) is 0 Å². The van der Waals surface area contributed by atoms with Crippen LogP contribution in [0.2, 0.25) is 0 Å². The normalized spacial score (nSPS) is 10.5. The second kappa shape index (κ2) is 9.10. The molecule has 1 amide bonds. The predicted molar refractivity (Wildman–Crippen MR) is 116 cm³/mol. The predicted octanol–water partition coefficient (Wildman–Crippen LogP) is 5.22. The van der Waals surface area contributed by atoms with Gasteiger partial charge in [-0.2, -0.15) is 0 Å². The molecule has 29 heavy (non-hydrogen) atoms. The monoisotopic (exact) mass is 391 g/mol. The molecule has 150 valence electrons. The van der Waals surface area contributed by atoms with Gasteiger partial charge in [-0.05, 0) is 41.8 Å². The van der Waals surface area contributed by atoms with Crippen molar-refractivity contribution in [3.63, 3.8) is 0 Å². The Bertz CT molecular complexity index is 985. The van der Waals surface area contributed by atoms with Crippen LogP contribution in [0, 0.1) is 0 Å². The van der Waals surface area contributed by atoms with E-state index in [9.17, 15) is 4.79 Å². The largest absolute Gasteiger partial charge is 0.493 e. The van der Waals surface area contributed by atoms with Gasteiger partial charge >= 0.3 is 0 Å². The molecule has 0 aliphatic rings. The van der Waals surface area contributed by atoms with E-state index in [4.69, 9.17) is 9.47 Å². The first-order valence-corrected chi connectivity index (χ1v) is 9.37. The third kappa shape index (κ3) is 4.85. The molecule has 0 aliphatic carbocycles. The number of benzene rings is 2. The number of nitrogens with one attached hydrogen (secondary N) is 2. The molecule has 1 aromatic heterocycles. The van der Waals surface area contributed by atoms with Crippen LogP contribution in [-0.4, -0.2) is 25.1 Å². The van der Waals surface area contributed by atoms with E-state index < -0.39 is 0 Å². The van der Waals surface area contributed by atoms with Gasteiger partial charge in [0.25, 0.3) is 5.91 Å². The van der Waals surface area contributed by atoms with Gasteiger partial charge in [-0.15, -0.1) is 0 Å². The smallest absolute Gasteiger partial charge is 0.274 e. The molecule has 2 N–H and O–H groups in total. The third-order valence-corrected chi connectivity index (χ3v) is 4.50. The lowest BCUT2D eigenvalue weighted by Gasteiger charge is -2.14. The van der Waals surface area contributed by atoms with Crippen LogP contribution in [0.3, 0.4) is 0 Å². The Morgan fingerprint density at radius 2 is 1.66 bits per heavy atom. The van der Waals surface area contributed by atoms with Gasteiger partial charge < -0.3 is 20.1 Å². The van der Waals surface area contributed by atoms with E-state index in [0.29, 0.717) is 28.8 Å². The Morgan fingerprint density at radius 1 is 0.931 bits per heavy atom. The molecule has 0 saturated carbocycles. The Morgan fingerprint density at radius 3 is 2.31 bits per heavy atom. The summed E-state index contributed by atoms with van der Waals surface area (Å²) in [4.78, 5) is 16.8. The van der Waals surface area contributed by atoms with Crippen molar-refractivity contribution in [2.45, 2.75) is 19.8 Å². The SMILES string of the molecule is COc1ccc(NC(=O)c2ccc(Nc3ccccc3C(C)C)cn2)cc1OC. The molecule has 0 spiro atoms. The van der Waals surface area contributed by atoms with Crippen molar-refractivity contribution < 1.29 is 14.3 Å². The average molecular weight is 391 g/mol. The van der Waals surface area contributed by atoms with E-state index in [1.54, 1.807) is 44.7 Å². The minimum absolute atomic E-state index is 0.300. The van der Waals surface area contributed by atoms with Crippen LogP contribution in [0.1, 0.15) is 35.8 Å². The minimum Gasteiger partial charge on any atom is -0.493 e. The molecule has 6 heteroatoms. The number of hydrogen-bond acceptors (Lipinski definition) is 5. The maximum absolute atomic E-state index is 12.5. The van der Waals surface area contributed by atoms with Gasteiger partial charge in [0.15, 0.2) is 11.5 Å². The number of aromatic nitrogens is 1. The van der Waals surface area contributed by atoms with E-state index in [2.05, 4.69) is 35.5 Å². The molecule has 0 aliphatic heterocycles. The lowest BCUT2D eigenvalue weighted by Crippen LogP contribution is -2.13. The molecule has 0 bridgehead atoms. The average Bonchev–Trinajstić information content (AvgIpc) is 2.74. The van der Waals surface area contributed by atoms with Gasteiger partial charge in [0, 0.05) is 17.4 Å². The van der Waals surface area contributed by atoms with Crippen LogP contribution in [0.4, 0.5) is 17.1 Å². The molecule has 0 unspecified atom stereocenters. The van der Waals surface area contributed by atoms with E-state index in [1.165, 1.54) is 5.56 Å². The van der Waals surface area contributed by atoms with Crippen molar-refractivity contribution in [1.82, 2.24) is 4.98 Å². The molecule has 1 heterocycles. The fourth-order valence-corrected chi connectivity index (χ4v) is 2.98. The standard InChI is InChI=1S/C23H25N3O3/c1-15(2)18-7-5-6-8-19(18)25-17-9-11-20(24-14-17)23(27)26-16-10-12-21(28-3)22(13-16)29-4/h5-15,25H,1-4H3,(H,26,27). The third-order valence-electron chi connectivity index (χ3n) is 4.50. The second-order valence-corrected chi connectivity index (χ2v) is 6.82. The molecule has 3 aromatic rings. The lowest BCUT2D eigenvalue weighted by molar-refractivity contribution is 0.102. The van der Waals surface area contributed by atoms with Gasteiger partial charge in [-0.1, -0.05) is 32.0 Å². The fourth-order valence-electron chi connectivity index (χ4n) is 2.98. The highest BCUT2D eigenvalue weighted by molar-refractivity contribution is 6.03. The van der Waals surface area contributed by atoms with E-state index >= 15 is 0 Å². The van der Waals surface area contributed by atoms with E-state index in [0.717, 1.165) is 11.4 Å². The van der Waals surface area contributed by atoms with Crippen LogP contribution in [0.25, 0.3) is 0 Å². The van der Waals surface area contributed by atoms with Crippen LogP contribution < -0.4 is 20.1 Å². The number of methoxy groups -OCH3 is 2. The van der Waals surface area contributed by atoms with Gasteiger partial charge in [0.2, 0.25) is 0 Å². The molecule has 2 aromatic carbocycles. The number of amides is 1. The number of pyridine rings is 1. The number of hydrogen-bond donors (Lipinski definition) is 2. The van der Waals surface area contributed by atoms with E-state index in [1.807, 2.05) is 24.3 Å². The molecule has 6 nitrogen and oxygen atoms in total.